The van der Waals surface area contributed by atoms with E-state index in [1.807, 2.05) is 18.2 Å². The zero-order valence-corrected chi connectivity index (χ0v) is 11.9. The Morgan fingerprint density at radius 1 is 1.14 bits per heavy atom. The fourth-order valence-electron chi connectivity index (χ4n) is 2.68. The zero-order valence-electron chi connectivity index (χ0n) is 11.1. The summed E-state index contributed by atoms with van der Waals surface area (Å²) < 4.78 is 2.13. The third-order valence-electron chi connectivity index (χ3n) is 3.82. The van der Waals surface area contributed by atoms with Gasteiger partial charge in [-0.15, -0.1) is 0 Å². The van der Waals surface area contributed by atoms with Crippen molar-refractivity contribution in [2.24, 2.45) is 0 Å². The van der Waals surface area contributed by atoms with Crippen LogP contribution in [0.1, 0.15) is 18.9 Å². The average molecular weight is 301 g/mol. The molecule has 4 nitrogen and oxygen atoms in total. The van der Waals surface area contributed by atoms with E-state index in [9.17, 15) is 10.2 Å². The Hall–Kier alpha value is -2.20. The van der Waals surface area contributed by atoms with Crippen LogP contribution in [0.5, 0.6) is 11.5 Å². The minimum Gasteiger partial charge on any atom is -0.504 e. The van der Waals surface area contributed by atoms with Gasteiger partial charge >= 0.3 is 0 Å². The van der Waals surface area contributed by atoms with Gasteiger partial charge in [-0.2, -0.15) is 0 Å². The van der Waals surface area contributed by atoms with Gasteiger partial charge in [0, 0.05) is 11.1 Å². The maximum atomic E-state index is 10.1. The SMILES string of the molecule is Oc1cccc(-c2nc3cc(Cl)ccc3n2C2CC2)c1O. The summed E-state index contributed by atoms with van der Waals surface area (Å²) in [5.74, 6) is 0.393. The summed E-state index contributed by atoms with van der Waals surface area (Å²) in [7, 11) is 0. The number of aromatic hydroxyl groups is 2. The van der Waals surface area contributed by atoms with Crippen LogP contribution in [0, 0.1) is 0 Å². The molecule has 2 aromatic carbocycles. The average Bonchev–Trinajstić information content (AvgIpc) is 3.23. The van der Waals surface area contributed by atoms with E-state index >= 15 is 0 Å². The molecule has 5 heteroatoms. The summed E-state index contributed by atoms with van der Waals surface area (Å²) >= 11 is 6.04. The molecule has 1 aromatic heterocycles. The van der Waals surface area contributed by atoms with Crippen molar-refractivity contribution in [1.29, 1.82) is 0 Å². The topological polar surface area (TPSA) is 58.3 Å². The number of benzene rings is 2. The van der Waals surface area contributed by atoms with Gasteiger partial charge in [0.1, 0.15) is 5.82 Å². The lowest BCUT2D eigenvalue weighted by atomic mass is 10.1. The van der Waals surface area contributed by atoms with Crippen molar-refractivity contribution in [3.05, 3.63) is 41.4 Å². The molecule has 0 aliphatic heterocycles. The Morgan fingerprint density at radius 3 is 2.71 bits per heavy atom. The summed E-state index contributed by atoms with van der Waals surface area (Å²) in [6.07, 6.45) is 2.20. The van der Waals surface area contributed by atoms with Gasteiger partial charge in [-0.05, 0) is 43.2 Å². The number of fused-ring (bicyclic) bond motifs is 1. The number of para-hydroxylation sites is 1. The van der Waals surface area contributed by atoms with Crippen LogP contribution in [0.2, 0.25) is 5.02 Å². The van der Waals surface area contributed by atoms with Crippen LogP contribution >= 0.6 is 11.6 Å². The second kappa shape index (κ2) is 4.40. The number of imidazole rings is 1. The summed E-state index contributed by atoms with van der Waals surface area (Å²) in [6, 6.07) is 10.9. The predicted molar refractivity (Wildman–Crippen MR) is 81.8 cm³/mol. The highest BCUT2D eigenvalue weighted by Gasteiger charge is 2.29. The van der Waals surface area contributed by atoms with E-state index < -0.39 is 0 Å². The molecule has 0 atom stereocenters. The molecule has 0 saturated heterocycles. The van der Waals surface area contributed by atoms with Gasteiger partial charge in [-0.3, -0.25) is 0 Å². The van der Waals surface area contributed by atoms with Crippen molar-refractivity contribution < 1.29 is 10.2 Å². The highest BCUT2D eigenvalue weighted by atomic mass is 35.5. The largest absolute Gasteiger partial charge is 0.504 e. The molecule has 3 aromatic rings. The summed E-state index contributed by atoms with van der Waals surface area (Å²) in [4.78, 5) is 4.61. The van der Waals surface area contributed by atoms with Gasteiger partial charge in [-0.25, -0.2) is 4.98 Å². The standard InChI is InChI=1S/C16H13ClN2O2/c17-9-4-7-13-12(8-9)18-16(19(13)10-5-6-10)11-2-1-3-14(20)15(11)21/h1-4,7-8,10,20-21H,5-6H2. The lowest BCUT2D eigenvalue weighted by Crippen LogP contribution is -1.97. The summed E-state index contributed by atoms with van der Waals surface area (Å²) in [5.41, 5.74) is 2.33. The smallest absolute Gasteiger partial charge is 0.168 e. The van der Waals surface area contributed by atoms with Crippen LogP contribution in [-0.2, 0) is 0 Å². The van der Waals surface area contributed by atoms with Gasteiger partial charge in [0.2, 0.25) is 0 Å². The van der Waals surface area contributed by atoms with Crippen LogP contribution in [0.15, 0.2) is 36.4 Å². The van der Waals surface area contributed by atoms with Crippen LogP contribution in [0.3, 0.4) is 0 Å². The molecule has 21 heavy (non-hydrogen) atoms. The molecule has 0 bridgehead atoms. The predicted octanol–water partition coefficient (Wildman–Crippen LogP) is 4.10. The molecular formula is C16H13ClN2O2. The van der Waals surface area contributed by atoms with Gasteiger partial charge in [0.25, 0.3) is 0 Å². The molecule has 1 fully saturated rings. The third kappa shape index (κ3) is 1.94. The molecular weight excluding hydrogens is 288 g/mol. The normalized spacial score (nSPS) is 14.7. The van der Waals surface area contributed by atoms with Crippen molar-refractivity contribution in [3.63, 3.8) is 0 Å². The first-order chi connectivity index (χ1) is 10.1. The van der Waals surface area contributed by atoms with Crippen LogP contribution < -0.4 is 0 Å². The first-order valence-corrected chi connectivity index (χ1v) is 7.22. The number of hydrogen-bond donors (Lipinski definition) is 2. The Morgan fingerprint density at radius 2 is 1.95 bits per heavy atom. The summed E-state index contributed by atoms with van der Waals surface area (Å²) in [5, 5.41) is 20.5. The molecule has 1 saturated carbocycles. The molecule has 1 heterocycles. The lowest BCUT2D eigenvalue weighted by Gasteiger charge is -2.09. The Labute approximate surface area is 126 Å². The molecule has 0 unspecified atom stereocenters. The van der Waals surface area contributed by atoms with Crippen LogP contribution in [0.4, 0.5) is 0 Å². The van der Waals surface area contributed by atoms with E-state index in [-0.39, 0.29) is 11.5 Å². The second-order valence-electron chi connectivity index (χ2n) is 5.34. The molecule has 106 valence electrons. The van der Waals surface area contributed by atoms with Crippen molar-refractivity contribution in [2.45, 2.75) is 18.9 Å². The number of nitrogens with zero attached hydrogens (tertiary/aromatic N) is 2. The number of halogens is 1. The number of hydrogen-bond acceptors (Lipinski definition) is 3. The van der Waals surface area contributed by atoms with E-state index in [0.29, 0.717) is 22.5 Å². The van der Waals surface area contributed by atoms with Crippen molar-refractivity contribution in [3.8, 4) is 22.9 Å². The third-order valence-corrected chi connectivity index (χ3v) is 4.05. The fraction of sp³-hybridized carbons (Fsp3) is 0.188. The van der Waals surface area contributed by atoms with E-state index in [2.05, 4.69) is 9.55 Å². The Balaban J connectivity index is 2.03. The number of phenolic OH excluding ortho intramolecular Hbond substituents is 2. The molecule has 0 radical (unpaired) electrons. The molecule has 0 amide bonds. The fourth-order valence-corrected chi connectivity index (χ4v) is 2.84. The Kier molecular flexibility index (Phi) is 2.62. The van der Waals surface area contributed by atoms with E-state index in [4.69, 9.17) is 11.6 Å². The highest BCUT2D eigenvalue weighted by molar-refractivity contribution is 6.31. The lowest BCUT2D eigenvalue weighted by molar-refractivity contribution is 0.404. The van der Waals surface area contributed by atoms with Gasteiger partial charge in [-0.1, -0.05) is 17.7 Å². The van der Waals surface area contributed by atoms with E-state index in [1.54, 1.807) is 12.1 Å². The summed E-state index contributed by atoms with van der Waals surface area (Å²) in [6.45, 7) is 0. The minimum absolute atomic E-state index is 0.138. The molecule has 1 aliphatic rings. The number of rotatable bonds is 2. The quantitative estimate of drug-likeness (QED) is 0.700. The number of phenols is 2. The molecule has 4 rings (SSSR count). The highest BCUT2D eigenvalue weighted by Crippen LogP contribution is 2.44. The second-order valence-corrected chi connectivity index (χ2v) is 5.78. The molecule has 0 spiro atoms. The van der Waals surface area contributed by atoms with Crippen LogP contribution in [0.25, 0.3) is 22.4 Å². The van der Waals surface area contributed by atoms with Crippen molar-refractivity contribution in [1.82, 2.24) is 9.55 Å². The van der Waals surface area contributed by atoms with Crippen molar-refractivity contribution in [2.75, 3.05) is 0 Å². The number of aromatic nitrogens is 2. The van der Waals surface area contributed by atoms with Gasteiger partial charge in [0.15, 0.2) is 11.5 Å². The van der Waals surface area contributed by atoms with Crippen molar-refractivity contribution >= 4 is 22.6 Å². The molecule has 2 N–H and O–H groups in total. The van der Waals surface area contributed by atoms with Gasteiger partial charge in [0.05, 0.1) is 16.6 Å². The van der Waals surface area contributed by atoms with Crippen LogP contribution in [-0.4, -0.2) is 19.8 Å². The zero-order chi connectivity index (χ0) is 14.6. The maximum Gasteiger partial charge on any atom is 0.168 e. The first-order valence-electron chi connectivity index (χ1n) is 6.84. The van der Waals surface area contributed by atoms with E-state index in [0.717, 1.165) is 23.9 Å². The maximum absolute atomic E-state index is 10.1. The molecule has 1 aliphatic carbocycles. The first kappa shape index (κ1) is 12.5. The Bertz CT molecular complexity index is 853. The minimum atomic E-state index is -0.139. The van der Waals surface area contributed by atoms with E-state index in [1.165, 1.54) is 6.07 Å². The monoisotopic (exact) mass is 300 g/mol. The van der Waals surface area contributed by atoms with Gasteiger partial charge < -0.3 is 14.8 Å².